The fraction of sp³-hybridized carbons (Fsp3) is 0.938. The predicted molar refractivity (Wildman–Crippen MR) is 86.3 cm³/mol. The highest BCUT2D eigenvalue weighted by Gasteiger charge is 2.26. The van der Waals surface area contributed by atoms with Gasteiger partial charge in [0, 0.05) is 19.5 Å². The lowest BCUT2D eigenvalue weighted by atomic mass is 9.84. The minimum Gasteiger partial charge on any atom is -0.343 e. The molecular formula is C16H31ClN2O. The van der Waals surface area contributed by atoms with Crippen LogP contribution < -0.4 is 5.32 Å². The van der Waals surface area contributed by atoms with E-state index < -0.39 is 0 Å². The van der Waals surface area contributed by atoms with Crippen molar-refractivity contribution in [3.63, 3.8) is 0 Å². The summed E-state index contributed by atoms with van der Waals surface area (Å²) in [6.45, 7) is 4.53. The van der Waals surface area contributed by atoms with Crippen molar-refractivity contribution in [2.45, 2.75) is 64.3 Å². The minimum atomic E-state index is 0. The maximum Gasteiger partial charge on any atom is 0.222 e. The first kappa shape index (κ1) is 17.8. The first-order valence-corrected chi connectivity index (χ1v) is 8.17. The number of amides is 1. The maximum atomic E-state index is 12.3. The first-order chi connectivity index (χ1) is 9.20. The zero-order chi connectivity index (χ0) is 13.7. The van der Waals surface area contributed by atoms with Gasteiger partial charge in [0.1, 0.15) is 0 Å². The number of nitrogens with one attached hydrogen (secondary N) is 1. The molecule has 1 aliphatic carbocycles. The molecule has 1 saturated carbocycles. The molecule has 2 rings (SSSR count). The number of hydrogen-bond acceptors (Lipinski definition) is 2. The van der Waals surface area contributed by atoms with Gasteiger partial charge in [0.2, 0.25) is 5.91 Å². The molecule has 1 heterocycles. The zero-order valence-electron chi connectivity index (χ0n) is 13.1. The molecule has 1 amide bonds. The Balaban J connectivity index is 0.00000200. The molecular weight excluding hydrogens is 272 g/mol. The van der Waals surface area contributed by atoms with Gasteiger partial charge in [-0.2, -0.15) is 0 Å². The Hall–Kier alpha value is -0.280. The second-order valence-electron chi connectivity index (χ2n) is 6.48. The van der Waals surface area contributed by atoms with Crippen LogP contribution in [0.3, 0.4) is 0 Å². The average molecular weight is 303 g/mol. The molecule has 1 aliphatic heterocycles. The highest BCUT2D eigenvalue weighted by Crippen LogP contribution is 2.29. The van der Waals surface area contributed by atoms with Gasteiger partial charge >= 0.3 is 0 Å². The zero-order valence-corrected chi connectivity index (χ0v) is 13.9. The van der Waals surface area contributed by atoms with Gasteiger partial charge in [0.25, 0.3) is 0 Å². The van der Waals surface area contributed by atoms with E-state index in [2.05, 4.69) is 12.2 Å². The summed E-state index contributed by atoms with van der Waals surface area (Å²) in [5.41, 5.74) is 0. The summed E-state index contributed by atoms with van der Waals surface area (Å²) in [7, 11) is 2.02. The molecule has 118 valence electrons. The molecule has 20 heavy (non-hydrogen) atoms. The first-order valence-electron chi connectivity index (χ1n) is 8.17. The van der Waals surface area contributed by atoms with Crippen LogP contribution >= 0.6 is 12.4 Å². The van der Waals surface area contributed by atoms with E-state index in [-0.39, 0.29) is 12.4 Å². The molecule has 0 aromatic carbocycles. The van der Waals surface area contributed by atoms with Crippen molar-refractivity contribution in [1.29, 1.82) is 0 Å². The van der Waals surface area contributed by atoms with Gasteiger partial charge in [0.05, 0.1) is 0 Å². The number of rotatable bonds is 5. The molecule has 0 radical (unpaired) electrons. The number of carbonyl (C=O) groups is 1. The Bertz CT molecular complexity index is 284. The van der Waals surface area contributed by atoms with E-state index in [1.807, 2.05) is 11.9 Å². The lowest BCUT2D eigenvalue weighted by Crippen LogP contribution is -2.39. The fourth-order valence-corrected chi connectivity index (χ4v) is 3.61. The second kappa shape index (κ2) is 8.89. The maximum absolute atomic E-state index is 12.3. The van der Waals surface area contributed by atoms with Gasteiger partial charge in [0.15, 0.2) is 0 Å². The van der Waals surface area contributed by atoms with Crippen molar-refractivity contribution < 1.29 is 4.79 Å². The van der Waals surface area contributed by atoms with Crippen LogP contribution in [0.15, 0.2) is 0 Å². The fourth-order valence-electron chi connectivity index (χ4n) is 3.61. The Morgan fingerprint density at radius 1 is 1.15 bits per heavy atom. The SMILES string of the molecule is CCC1CCC(N(C)C(=O)CCC2CCNC2)CC1.Cl. The standard InChI is InChI=1S/C16H30N2O.ClH/c1-3-13-4-7-15(8-5-13)18(2)16(19)9-6-14-10-11-17-12-14;/h13-15,17H,3-12H2,1-2H3;1H. The number of nitrogens with zero attached hydrogens (tertiary/aromatic N) is 1. The lowest BCUT2D eigenvalue weighted by Gasteiger charge is -2.34. The highest BCUT2D eigenvalue weighted by molar-refractivity contribution is 5.85. The van der Waals surface area contributed by atoms with Gasteiger partial charge in [-0.3, -0.25) is 4.79 Å². The van der Waals surface area contributed by atoms with Crippen molar-refractivity contribution >= 4 is 18.3 Å². The molecule has 2 fully saturated rings. The number of carbonyl (C=O) groups excluding carboxylic acids is 1. The number of halogens is 1. The molecule has 2 aliphatic rings. The van der Waals surface area contributed by atoms with Crippen LogP contribution in [0.25, 0.3) is 0 Å². The highest BCUT2D eigenvalue weighted by atomic mass is 35.5. The average Bonchev–Trinajstić information content (AvgIpc) is 2.97. The van der Waals surface area contributed by atoms with Gasteiger partial charge in [-0.25, -0.2) is 0 Å². The molecule has 1 saturated heterocycles. The van der Waals surface area contributed by atoms with Crippen molar-refractivity contribution in [2.75, 3.05) is 20.1 Å². The van der Waals surface area contributed by atoms with E-state index >= 15 is 0 Å². The quantitative estimate of drug-likeness (QED) is 0.845. The minimum absolute atomic E-state index is 0. The van der Waals surface area contributed by atoms with Crippen LogP contribution in [0, 0.1) is 11.8 Å². The molecule has 0 aromatic rings. The van der Waals surface area contributed by atoms with Gasteiger partial charge < -0.3 is 10.2 Å². The third-order valence-corrected chi connectivity index (χ3v) is 5.26. The van der Waals surface area contributed by atoms with E-state index in [0.29, 0.717) is 11.9 Å². The summed E-state index contributed by atoms with van der Waals surface area (Å²) in [4.78, 5) is 14.3. The topological polar surface area (TPSA) is 32.3 Å². The Labute approximate surface area is 130 Å². The molecule has 1 unspecified atom stereocenters. The molecule has 4 heteroatoms. The van der Waals surface area contributed by atoms with E-state index in [0.717, 1.165) is 37.8 Å². The van der Waals surface area contributed by atoms with Gasteiger partial charge in [-0.1, -0.05) is 13.3 Å². The summed E-state index contributed by atoms with van der Waals surface area (Å²) in [5, 5.41) is 3.38. The van der Waals surface area contributed by atoms with E-state index in [9.17, 15) is 4.79 Å². The van der Waals surface area contributed by atoms with Crippen molar-refractivity contribution in [3.8, 4) is 0 Å². The van der Waals surface area contributed by atoms with Gasteiger partial charge in [-0.15, -0.1) is 12.4 Å². The van der Waals surface area contributed by atoms with Crippen molar-refractivity contribution in [3.05, 3.63) is 0 Å². The van der Waals surface area contributed by atoms with E-state index in [4.69, 9.17) is 0 Å². The van der Waals surface area contributed by atoms with Crippen LogP contribution in [0.4, 0.5) is 0 Å². The number of hydrogen-bond donors (Lipinski definition) is 1. The summed E-state index contributed by atoms with van der Waals surface area (Å²) in [6, 6.07) is 0.511. The van der Waals surface area contributed by atoms with Gasteiger partial charge in [-0.05, 0) is 63.5 Å². The third-order valence-electron chi connectivity index (χ3n) is 5.26. The van der Waals surface area contributed by atoms with Crippen LogP contribution in [0.5, 0.6) is 0 Å². The third kappa shape index (κ3) is 4.92. The summed E-state index contributed by atoms with van der Waals surface area (Å²) >= 11 is 0. The second-order valence-corrected chi connectivity index (χ2v) is 6.48. The monoisotopic (exact) mass is 302 g/mol. The molecule has 1 N–H and O–H groups in total. The molecule has 3 nitrogen and oxygen atoms in total. The summed E-state index contributed by atoms with van der Waals surface area (Å²) in [6.07, 6.45) is 9.42. The summed E-state index contributed by atoms with van der Waals surface area (Å²) in [5.74, 6) is 2.00. The van der Waals surface area contributed by atoms with Crippen LogP contribution in [0.2, 0.25) is 0 Å². The predicted octanol–water partition coefficient (Wildman–Crippen LogP) is 3.23. The Morgan fingerprint density at radius 2 is 1.85 bits per heavy atom. The molecule has 0 aromatic heterocycles. The van der Waals surface area contributed by atoms with Crippen molar-refractivity contribution in [1.82, 2.24) is 10.2 Å². The van der Waals surface area contributed by atoms with E-state index in [1.54, 1.807) is 0 Å². The van der Waals surface area contributed by atoms with Crippen LogP contribution in [-0.4, -0.2) is 37.0 Å². The Kier molecular flexibility index (Phi) is 7.90. The van der Waals surface area contributed by atoms with Crippen LogP contribution in [0.1, 0.15) is 58.3 Å². The molecule has 0 bridgehead atoms. The lowest BCUT2D eigenvalue weighted by molar-refractivity contribution is -0.133. The normalized spacial score (nSPS) is 29.8. The smallest absolute Gasteiger partial charge is 0.222 e. The molecule has 0 spiro atoms. The largest absolute Gasteiger partial charge is 0.343 e. The van der Waals surface area contributed by atoms with E-state index in [1.165, 1.54) is 38.5 Å². The van der Waals surface area contributed by atoms with Crippen LogP contribution in [-0.2, 0) is 4.79 Å². The van der Waals surface area contributed by atoms with Crippen molar-refractivity contribution in [2.24, 2.45) is 11.8 Å². The molecule has 1 atom stereocenters. The summed E-state index contributed by atoms with van der Waals surface area (Å²) < 4.78 is 0. The Morgan fingerprint density at radius 3 is 2.40 bits per heavy atom.